The molecule has 0 aliphatic carbocycles. The van der Waals surface area contributed by atoms with Crippen molar-refractivity contribution in [1.29, 1.82) is 0 Å². The Morgan fingerprint density at radius 3 is 2.85 bits per heavy atom. The molecular weight excluding hydrogens is 274 g/mol. The van der Waals surface area contributed by atoms with Crippen LogP contribution in [0.15, 0.2) is 40.3 Å². The fraction of sp³-hybridized carbons (Fsp3) is 0.143. The van der Waals surface area contributed by atoms with Crippen molar-refractivity contribution >= 4 is 28.0 Å². The fourth-order valence-corrected chi connectivity index (χ4v) is 3.47. The van der Waals surface area contributed by atoms with Crippen LogP contribution in [0.25, 0.3) is 10.9 Å². The molecule has 6 heteroatoms. The zero-order chi connectivity index (χ0) is 14.3. The molecule has 2 aromatic heterocycles. The van der Waals surface area contributed by atoms with Gasteiger partial charge in [0.05, 0.1) is 33.1 Å². The first-order chi connectivity index (χ1) is 9.61. The van der Waals surface area contributed by atoms with Crippen LogP contribution >= 0.6 is 0 Å². The van der Waals surface area contributed by atoms with E-state index in [0.717, 1.165) is 22.9 Å². The van der Waals surface area contributed by atoms with Crippen LogP contribution in [0.3, 0.4) is 0 Å². The summed E-state index contributed by atoms with van der Waals surface area (Å²) in [5.74, 6) is 0. The lowest BCUT2D eigenvalue weighted by Crippen LogP contribution is -1.98. The average molecular weight is 287 g/mol. The van der Waals surface area contributed by atoms with Crippen molar-refractivity contribution in [1.82, 2.24) is 14.8 Å². The van der Waals surface area contributed by atoms with Gasteiger partial charge in [0.2, 0.25) is 0 Å². The summed E-state index contributed by atoms with van der Waals surface area (Å²) in [6.07, 6.45) is 2.47. The summed E-state index contributed by atoms with van der Waals surface area (Å²) in [6, 6.07) is 7.19. The van der Waals surface area contributed by atoms with E-state index in [0.29, 0.717) is 15.5 Å². The Bertz CT molecular complexity index is 832. The maximum Gasteiger partial charge on any atom is 0.166 e. The Labute approximate surface area is 118 Å². The summed E-state index contributed by atoms with van der Waals surface area (Å²) in [5, 5.41) is 7.73. The molecule has 5 nitrogen and oxygen atoms in total. The maximum absolute atomic E-state index is 12.7. The van der Waals surface area contributed by atoms with Crippen molar-refractivity contribution in [3.05, 3.63) is 41.9 Å². The molecule has 20 heavy (non-hydrogen) atoms. The van der Waals surface area contributed by atoms with E-state index < -0.39 is 10.8 Å². The molecule has 3 rings (SSSR count). The Morgan fingerprint density at radius 2 is 2.15 bits per heavy atom. The van der Waals surface area contributed by atoms with Crippen LogP contribution < -0.4 is 0 Å². The second-order valence-electron chi connectivity index (χ2n) is 4.58. The Kier molecular flexibility index (Phi) is 3.02. The second kappa shape index (κ2) is 4.72. The van der Waals surface area contributed by atoms with Crippen molar-refractivity contribution in [2.24, 2.45) is 7.05 Å². The molecule has 0 aliphatic heterocycles. The van der Waals surface area contributed by atoms with Crippen molar-refractivity contribution in [2.45, 2.75) is 16.7 Å². The van der Waals surface area contributed by atoms with E-state index in [-0.39, 0.29) is 0 Å². The van der Waals surface area contributed by atoms with Crippen LogP contribution in [0.2, 0.25) is 0 Å². The number of aromatic amines is 1. The molecule has 0 amide bonds. The van der Waals surface area contributed by atoms with Crippen LogP contribution in [0.5, 0.6) is 0 Å². The number of nitrogens with zero attached hydrogens (tertiary/aromatic N) is 2. The van der Waals surface area contributed by atoms with Crippen LogP contribution in [0.4, 0.5) is 0 Å². The zero-order valence-corrected chi connectivity index (χ0v) is 11.9. The minimum Gasteiger partial charge on any atom is -0.345 e. The first kappa shape index (κ1) is 12.8. The highest BCUT2D eigenvalue weighted by atomic mass is 32.2. The van der Waals surface area contributed by atoms with Crippen LogP contribution in [0.1, 0.15) is 16.2 Å². The van der Waals surface area contributed by atoms with E-state index in [1.54, 1.807) is 23.9 Å². The van der Waals surface area contributed by atoms with Crippen molar-refractivity contribution in [3.63, 3.8) is 0 Å². The van der Waals surface area contributed by atoms with Gasteiger partial charge in [0.15, 0.2) is 6.29 Å². The zero-order valence-electron chi connectivity index (χ0n) is 11.1. The number of H-pyrrole nitrogens is 1. The van der Waals surface area contributed by atoms with Crippen LogP contribution in [-0.4, -0.2) is 25.3 Å². The van der Waals surface area contributed by atoms with Gasteiger partial charge in [-0.25, -0.2) is 4.21 Å². The SMILES string of the molecule is Cc1c(S(=O)c2ccc3[nH]ncc3c2)cc(C=O)n1C. The number of hydrogen-bond acceptors (Lipinski definition) is 3. The molecule has 102 valence electrons. The third-order valence-corrected chi connectivity index (χ3v) is 4.97. The number of hydrogen-bond donors (Lipinski definition) is 1. The van der Waals surface area contributed by atoms with Gasteiger partial charge in [0.1, 0.15) is 0 Å². The number of rotatable bonds is 3. The predicted octanol–water partition coefficient (Wildman–Crippen LogP) is 2.19. The Balaban J connectivity index is 2.09. The fourth-order valence-electron chi connectivity index (χ4n) is 2.16. The van der Waals surface area contributed by atoms with Crippen molar-refractivity contribution < 1.29 is 9.00 Å². The Hall–Kier alpha value is -2.21. The molecule has 0 fully saturated rings. The molecule has 0 aliphatic rings. The first-order valence-corrected chi connectivity index (χ1v) is 7.23. The van der Waals surface area contributed by atoms with Gasteiger partial charge in [-0.15, -0.1) is 0 Å². The van der Waals surface area contributed by atoms with Gasteiger partial charge in [0.25, 0.3) is 0 Å². The number of aromatic nitrogens is 3. The molecule has 0 bridgehead atoms. The largest absolute Gasteiger partial charge is 0.345 e. The monoisotopic (exact) mass is 287 g/mol. The number of benzene rings is 1. The number of carbonyl (C=O) groups is 1. The summed E-state index contributed by atoms with van der Waals surface area (Å²) < 4.78 is 14.4. The molecular formula is C14H13N3O2S. The highest BCUT2D eigenvalue weighted by Crippen LogP contribution is 2.24. The molecule has 3 aromatic rings. The number of fused-ring (bicyclic) bond motifs is 1. The molecule has 1 N–H and O–H groups in total. The van der Waals surface area contributed by atoms with Crippen LogP contribution in [-0.2, 0) is 17.8 Å². The van der Waals surface area contributed by atoms with E-state index in [9.17, 15) is 9.00 Å². The summed E-state index contributed by atoms with van der Waals surface area (Å²) in [5.41, 5.74) is 2.26. The molecule has 1 aromatic carbocycles. The maximum atomic E-state index is 12.7. The molecule has 0 spiro atoms. The van der Waals surface area contributed by atoms with Gasteiger partial charge in [-0.05, 0) is 31.2 Å². The summed E-state index contributed by atoms with van der Waals surface area (Å²) >= 11 is 0. The van der Waals surface area contributed by atoms with Gasteiger partial charge in [-0.3, -0.25) is 9.89 Å². The van der Waals surface area contributed by atoms with Gasteiger partial charge in [-0.2, -0.15) is 5.10 Å². The highest BCUT2D eigenvalue weighted by molar-refractivity contribution is 7.85. The lowest BCUT2D eigenvalue weighted by molar-refractivity contribution is 0.111. The predicted molar refractivity (Wildman–Crippen MR) is 76.3 cm³/mol. The van der Waals surface area contributed by atoms with E-state index in [1.807, 2.05) is 25.1 Å². The van der Waals surface area contributed by atoms with E-state index in [4.69, 9.17) is 0 Å². The van der Waals surface area contributed by atoms with Crippen molar-refractivity contribution in [3.8, 4) is 0 Å². The van der Waals surface area contributed by atoms with E-state index >= 15 is 0 Å². The second-order valence-corrected chi connectivity index (χ2v) is 6.03. The van der Waals surface area contributed by atoms with E-state index in [1.165, 1.54) is 0 Å². The van der Waals surface area contributed by atoms with Crippen molar-refractivity contribution in [2.75, 3.05) is 0 Å². The third kappa shape index (κ3) is 1.89. The molecule has 0 radical (unpaired) electrons. The number of nitrogens with one attached hydrogen (secondary N) is 1. The minimum absolute atomic E-state index is 0.523. The summed E-state index contributed by atoms with van der Waals surface area (Å²) in [7, 11) is 0.480. The first-order valence-electron chi connectivity index (χ1n) is 6.08. The van der Waals surface area contributed by atoms with Gasteiger partial charge in [-0.1, -0.05) is 0 Å². The lowest BCUT2D eigenvalue weighted by Gasteiger charge is -2.03. The molecule has 0 saturated heterocycles. The summed E-state index contributed by atoms with van der Waals surface area (Å²) in [6.45, 7) is 1.86. The highest BCUT2D eigenvalue weighted by Gasteiger charge is 2.16. The lowest BCUT2D eigenvalue weighted by atomic mass is 10.3. The quantitative estimate of drug-likeness (QED) is 0.751. The average Bonchev–Trinajstić information content (AvgIpc) is 3.03. The normalized spacial score (nSPS) is 12.7. The summed E-state index contributed by atoms with van der Waals surface area (Å²) in [4.78, 5) is 12.3. The topological polar surface area (TPSA) is 67.8 Å². The third-order valence-electron chi connectivity index (χ3n) is 3.47. The smallest absolute Gasteiger partial charge is 0.166 e. The van der Waals surface area contributed by atoms with Gasteiger partial charge >= 0.3 is 0 Å². The molecule has 1 atom stereocenters. The number of aldehydes is 1. The van der Waals surface area contributed by atoms with Gasteiger partial charge < -0.3 is 4.57 Å². The van der Waals surface area contributed by atoms with Gasteiger partial charge in [0, 0.05) is 23.0 Å². The standard InChI is InChI=1S/C14H13N3O2S/c1-9-14(6-11(8-18)17(9)2)20(19)12-3-4-13-10(5-12)7-15-16-13/h3-8H,1-2H3,(H,15,16). The molecule has 1 unspecified atom stereocenters. The number of carbonyl (C=O) groups excluding carboxylic acids is 1. The van der Waals surface area contributed by atoms with Crippen LogP contribution in [0, 0.1) is 6.92 Å². The van der Waals surface area contributed by atoms with E-state index in [2.05, 4.69) is 10.2 Å². The molecule has 2 heterocycles. The Morgan fingerprint density at radius 1 is 1.35 bits per heavy atom. The minimum atomic E-state index is -1.31. The molecule has 0 saturated carbocycles.